The van der Waals surface area contributed by atoms with E-state index < -0.39 is 0 Å². The zero-order valence-electron chi connectivity index (χ0n) is 11.8. The summed E-state index contributed by atoms with van der Waals surface area (Å²) in [4.78, 5) is 14.5. The van der Waals surface area contributed by atoms with E-state index in [0.29, 0.717) is 13.2 Å². The largest absolute Gasteiger partial charge is 0.379 e. The van der Waals surface area contributed by atoms with Crippen LogP contribution in [0.5, 0.6) is 0 Å². The number of likely N-dealkylation sites (tertiary alicyclic amines) is 1. The van der Waals surface area contributed by atoms with Gasteiger partial charge >= 0.3 is 0 Å². The molecule has 0 aliphatic carbocycles. The van der Waals surface area contributed by atoms with E-state index in [1.54, 1.807) is 0 Å². The van der Waals surface area contributed by atoms with Gasteiger partial charge in [-0.15, -0.1) is 0 Å². The number of nitrogens with one attached hydrogen (secondary N) is 1. The molecule has 2 saturated heterocycles. The van der Waals surface area contributed by atoms with Crippen molar-refractivity contribution in [3.63, 3.8) is 0 Å². The minimum absolute atomic E-state index is 0.0191. The molecule has 1 N–H and O–H groups in total. The van der Waals surface area contributed by atoms with E-state index in [9.17, 15) is 4.79 Å². The SMILES string of the molecule is CNC1COCC1C(=O)N1CCC(C(C)C)CC1. The lowest BCUT2D eigenvalue weighted by atomic mass is 9.86. The quantitative estimate of drug-likeness (QED) is 0.820. The number of carbonyl (C=O) groups is 1. The van der Waals surface area contributed by atoms with Gasteiger partial charge in [-0.25, -0.2) is 0 Å². The van der Waals surface area contributed by atoms with Crippen molar-refractivity contribution >= 4 is 5.91 Å². The predicted molar refractivity (Wildman–Crippen MR) is 71.3 cm³/mol. The van der Waals surface area contributed by atoms with Crippen LogP contribution < -0.4 is 5.32 Å². The van der Waals surface area contributed by atoms with Crippen LogP contribution in [0, 0.1) is 17.8 Å². The maximum atomic E-state index is 12.5. The zero-order valence-corrected chi connectivity index (χ0v) is 11.8. The number of likely N-dealkylation sites (N-methyl/N-ethyl adjacent to an activating group) is 1. The minimum Gasteiger partial charge on any atom is -0.379 e. The summed E-state index contributed by atoms with van der Waals surface area (Å²) in [5.41, 5.74) is 0. The van der Waals surface area contributed by atoms with Crippen molar-refractivity contribution in [3.05, 3.63) is 0 Å². The van der Waals surface area contributed by atoms with Crippen molar-refractivity contribution in [2.24, 2.45) is 17.8 Å². The first kappa shape index (κ1) is 13.8. The molecule has 2 fully saturated rings. The molecule has 0 spiro atoms. The van der Waals surface area contributed by atoms with Crippen LogP contribution in [0.1, 0.15) is 26.7 Å². The average Bonchev–Trinajstić information content (AvgIpc) is 2.86. The van der Waals surface area contributed by atoms with Crippen LogP contribution in [0.2, 0.25) is 0 Å². The van der Waals surface area contributed by atoms with E-state index in [2.05, 4.69) is 19.2 Å². The van der Waals surface area contributed by atoms with Crippen molar-refractivity contribution in [2.45, 2.75) is 32.7 Å². The van der Waals surface area contributed by atoms with Crippen LogP contribution >= 0.6 is 0 Å². The third-order valence-electron chi connectivity index (χ3n) is 4.56. The van der Waals surface area contributed by atoms with Gasteiger partial charge in [0.25, 0.3) is 0 Å². The normalized spacial score (nSPS) is 30.1. The Labute approximate surface area is 110 Å². The highest BCUT2D eigenvalue weighted by Crippen LogP contribution is 2.26. The Morgan fingerprint density at radius 2 is 1.94 bits per heavy atom. The lowest BCUT2D eigenvalue weighted by Crippen LogP contribution is -2.47. The Hall–Kier alpha value is -0.610. The molecule has 104 valence electrons. The number of amides is 1. The standard InChI is InChI=1S/C14H26N2O2/c1-10(2)11-4-6-16(7-5-11)14(17)12-8-18-9-13(12)15-3/h10-13,15H,4-9H2,1-3H3. The number of ether oxygens (including phenoxy) is 1. The first-order valence-electron chi connectivity index (χ1n) is 7.17. The average molecular weight is 254 g/mol. The topological polar surface area (TPSA) is 41.6 Å². The molecule has 2 rings (SSSR count). The summed E-state index contributed by atoms with van der Waals surface area (Å²) in [5, 5.41) is 3.19. The van der Waals surface area contributed by atoms with Gasteiger partial charge in [0.2, 0.25) is 5.91 Å². The van der Waals surface area contributed by atoms with Crippen LogP contribution in [0.4, 0.5) is 0 Å². The van der Waals surface area contributed by atoms with Crippen molar-refractivity contribution in [1.29, 1.82) is 0 Å². The lowest BCUT2D eigenvalue weighted by Gasteiger charge is -2.35. The van der Waals surface area contributed by atoms with Gasteiger partial charge in [-0.1, -0.05) is 13.8 Å². The molecule has 2 atom stereocenters. The molecule has 0 saturated carbocycles. The molecule has 4 heteroatoms. The van der Waals surface area contributed by atoms with Crippen LogP contribution in [0.25, 0.3) is 0 Å². The number of rotatable bonds is 3. The molecule has 0 radical (unpaired) electrons. The van der Waals surface area contributed by atoms with Gasteiger partial charge in [0.15, 0.2) is 0 Å². The summed E-state index contributed by atoms with van der Waals surface area (Å²) in [7, 11) is 1.91. The maximum Gasteiger partial charge on any atom is 0.229 e. The zero-order chi connectivity index (χ0) is 13.1. The monoisotopic (exact) mass is 254 g/mol. The summed E-state index contributed by atoms with van der Waals surface area (Å²) in [6.45, 7) is 7.65. The first-order chi connectivity index (χ1) is 8.63. The van der Waals surface area contributed by atoms with E-state index in [0.717, 1.165) is 37.8 Å². The summed E-state index contributed by atoms with van der Waals surface area (Å²) in [6, 6.07) is 0.195. The molecule has 0 aromatic rings. The van der Waals surface area contributed by atoms with Crippen molar-refractivity contribution in [3.8, 4) is 0 Å². The fourth-order valence-corrected chi connectivity index (χ4v) is 3.10. The van der Waals surface area contributed by atoms with Gasteiger partial charge in [0.05, 0.1) is 19.1 Å². The van der Waals surface area contributed by atoms with E-state index >= 15 is 0 Å². The summed E-state index contributed by atoms with van der Waals surface area (Å²) < 4.78 is 5.42. The highest BCUT2D eigenvalue weighted by Gasteiger charge is 2.36. The highest BCUT2D eigenvalue weighted by molar-refractivity contribution is 5.80. The number of carbonyl (C=O) groups excluding carboxylic acids is 1. The Morgan fingerprint density at radius 1 is 1.28 bits per heavy atom. The summed E-state index contributed by atoms with van der Waals surface area (Å²) in [5.74, 6) is 1.83. The van der Waals surface area contributed by atoms with Crippen LogP contribution in [0.3, 0.4) is 0 Å². The van der Waals surface area contributed by atoms with Crippen LogP contribution in [-0.4, -0.2) is 50.2 Å². The first-order valence-corrected chi connectivity index (χ1v) is 7.17. The van der Waals surface area contributed by atoms with E-state index in [1.165, 1.54) is 0 Å². The fourth-order valence-electron chi connectivity index (χ4n) is 3.10. The van der Waals surface area contributed by atoms with Crippen LogP contribution in [0.15, 0.2) is 0 Å². The fraction of sp³-hybridized carbons (Fsp3) is 0.929. The molecular weight excluding hydrogens is 228 g/mol. The highest BCUT2D eigenvalue weighted by atomic mass is 16.5. The van der Waals surface area contributed by atoms with Gasteiger partial charge in [0, 0.05) is 19.1 Å². The van der Waals surface area contributed by atoms with Gasteiger partial charge in [-0.2, -0.15) is 0 Å². The Balaban J connectivity index is 1.87. The molecular formula is C14H26N2O2. The second-order valence-electron chi connectivity index (χ2n) is 5.95. The van der Waals surface area contributed by atoms with Gasteiger partial charge in [0.1, 0.15) is 0 Å². The third-order valence-corrected chi connectivity index (χ3v) is 4.56. The van der Waals surface area contributed by atoms with Gasteiger partial charge < -0.3 is 15.0 Å². The lowest BCUT2D eigenvalue weighted by molar-refractivity contribution is -0.137. The van der Waals surface area contributed by atoms with Crippen molar-refractivity contribution < 1.29 is 9.53 Å². The molecule has 2 aliphatic heterocycles. The summed E-state index contributed by atoms with van der Waals surface area (Å²) >= 11 is 0. The molecule has 0 aromatic heterocycles. The number of hydrogen-bond donors (Lipinski definition) is 1. The minimum atomic E-state index is 0.0191. The molecule has 0 bridgehead atoms. The molecule has 1 amide bonds. The van der Waals surface area contributed by atoms with E-state index in [1.807, 2.05) is 11.9 Å². The van der Waals surface area contributed by atoms with E-state index in [4.69, 9.17) is 4.74 Å². The molecule has 18 heavy (non-hydrogen) atoms. The molecule has 4 nitrogen and oxygen atoms in total. The van der Waals surface area contributed by atoms with Gasteiger partial charge in [-0.3, -0.25) is 4.79 Å². The molecule has 2 heterocycles. The Kier molecular flexibility index (Phi) is 4.62. The second kappa shape index (κ2) is 6.02. The number of piperidine rings is 1. The van der Waals surface area contributed by atoms with E-state index in [-0.39, 0.29) is 17.9 Å². The Morgan fingerprint density at radius 3 is 2.50 bits per heavy atom. The van der Waals surface area contributed by atoms with Crippen molar-refractivity contribution in [1.82, 2.24) is 10.2 Å². The number of nitrogens with zero attached hydrogens (tertiary/aromatic N) is 1. The van der Waals surface area contributed by atoms with Crippen LogP contribution in [-0.2, 0) is 9.53 Å². The summed E-state index contributed by atoms with van der Waals surface area (Å²) in [6.07, 6.45) is 2.31. The third kappa shape index (κ3) is 2.86. The Bertz CT molecular complexity index is 286. The maximum absolute atomic E-state index is 12.5. The molecule has 2 aliphatic rings. The smallest absolute Gasteiger partial charge is 0.229 e. The number of hydrogen-bond acceptors (Lipinski definition) is 3. The van der Waals surface area contributed by atoms with Gasteiger partial charge in [-0.05, 0) is 31.7 Å². The second-order valence-corrected chi connectivity index (χ2v) is 5.95. The molecule has 2 unspecified atom stereocenters. The molecule has 0 aromatic carbocycles. The van der Waals surface area contributed by atoms with Crippen molar-refractivity contribution in [2.75, 3.05) is 33.4 Å². The predicted octanol–water partition coefficient (Wildman–Crippen LogP) is 1.12.